The molecule has 6 N–H and O–H groups in total. The Hall–Kier alpha value is -3.50. The first-order chi connectivity index (χ1) is 18.3. The van der Waals surface area contributed by atoms with E-state index in [1.807, 2.05) is 0 Å². The highest BCUT2D eigenvalue weighted by Gasteiger charge is 2.37. The Morgan fingerprint density at radius 1 is 0.725 bits per heavy atom. The van der Waals surface area contributed by atoms with Crippen LogP contribution in [0.4, 0.5) is 0 Å². The average molecular weight is 633 g/mol. The molecule has 1 aliphatic rings. The van der Waals surface area contributed by atoms with Gasteiger partial charge in [0, 0.05) is 17.5 Å². The summed E-state index contributed by atoms with van der Waals surface area (Å²) in [4.78, 5) is 11.5. The van der Waals surface area contributed by atoms with Gasteiger partial charge in [0.1, 0.15) is 27.3 Å². The summed E-state index contributed by atoms with van der Waals surface area (Å²) >= 11 is 0. The van der Waals surface area contributed by atoms with Gasteiger partial charge in [0.2, 0.25) is 0 Å². The van der Waals surface area contributed by atoms with Crippen LogP contribution in [0, 0.1) is 0 Å². The molecule has 2 heterocycles. The molecule has 1 aliphatic carbocycles. The lowest BCUT2D eigenvalue weighted by molar-refractivity contribution is 0.464. The normalized spacial score (nSPS) is 16.6. The van der Waals surface area contributed by atoms with Gasteiger partial charge < -0.3 is 9.97 Å². The number of nitrogens with one attached hydrogen (secondary N) is 2. The molecule has 0 spiro atoms. The first-order valence-corrected chi connectivity index (χ1v) is 16.5. The van der Waals surface area contributed by atoms with Crippen LogP contribution in [-0.4, -0.2) is 71.8 Å². The Balaban J connectivity index is 1.57. The number of imidazole rings is 2. The van der Waals surface area contributed by atoms with E-state index in [0.29, 0.717) is 17.2 Å². The number of H-pyrrole nitrogens is 2. The van der Waals surface area contributed by atoms with Crippen molar-refractivity contribution in [1.29, 1.82) is 0 Å². The third-order valence-corrected chi connectivity index (χ3v) is 9.74. The zero-order chi connectivity index (χ0) is 29.4. The standard InChI is InChI=1S/C20H16N4O12S4/c25-37(26,27)11-5-13-17(15(7-11)39(31,32)33)23-19(21-13)9-1-2-10(4-3-9)20-22-14-6-12(38(28,29)30)8-16(18(14)24-20)40(34,35)36/h1-7,16H,8H2,(H,21,23)(H,22,24)(H,25,26,27)(H,28,29,30)(H,31,32,33)(H,34,35,36). The first-order valence-electron chi connectivity index (χ1n) is 10.7. The highest BCUT2D eigenvalue weighted by Crippen LogP contribution is 2.39. The SMILES string of the molecule is O=S(=O)(O)C1=Cc2[nH]c(-c3ccc(-c4nc5c(S(=O)(=O)O)cc(S(=O)(=O)O)cc5[nH]4)cc3)nc2C(S(=O)(=O)O)C1. The van der Waals surface area contributed by atoms with Gasteiger partial charge in [-0.05, 0) is 18.2 Å². The number of allylic oxidation sites excluding steroid dienone is 1. The zero-order valence-corrected chi connectivity index (χ0v) is 22.7. The van der Waals surface area contributed by atoms with Crippen LogP contribution < -0.4 is 0 Å². The molecule has 2 aromatic heterocycles. The summed E-state index contributed by atoms with van der Waals surface area (Å²) < 4.78 is 132. The second-order valence-corrected chi connectivity index (χ2v) is 14.5. The second-order valence-electron chi connectivity index (χ2n) is 8.61. The summed E-state index contributed by atoms with van der Waals surface area (Å²) in [7, 11) is -19.3. The minimum absolute atomic E-state index is 0.0462. The summed E-state index contributed by atoms with van der Waals surface area (Å²) in [6.45, 7) is 0. The van der Waals surface area contributed by atoms with Crippen LogP contribution >= 0.6 is 0 Å². The molecule has 40 heavy (non-hydrogen) atoms. The topological polar surface area (TPSA) is 275 Å². The molecule has 0 saturated carbocycles. The average Bonchev–Trinajstić information content (AvgIpc) is 3.44. The molecule has 1 unspecified atom stereocenters. The fourth-order valence-corrected chi connectivity index (χ4v) is 7.03. The number of rotatable bonds is 6. The van der Waals surface area contributed by atoms with Gasteiger partial charge >= 0.3 is 0 Å². The van der Waals surface area contributed by atoms with Gasteiger partial charge in [-0.3, -0.25) is 18.2 Å². The fraction of sp³-hybridized carbons (Fsp3) is 0.100. The maximum Gasteiger partial charge on any atom is 0.296 e. The third kappa shape index (κ3) is 5.17. The van der Waals surface area contributed by atoms with Crippen LogP contribution in [0.1, 0.15) is 23.1 Å². The number of nitrogens with zero attached hydrogens (tertiary/aromatic N) is 2. The minimum atomic E-state index is -4.94. The van der Waals surface area contributed by atoms with E-state index in [1.54, 1.807) is 0 Å². The van der Waals surface area contributed by atoms with Crippen LogP contribution in [0.25, 0.3) is 39.9 Å². The molecule has 2 aromatic carbocycles. The maximum absolute atomic E-state index is 11.9. The Morgan fingerprint density at radius 2 is 1.30 bits per heavy atom. The molecule has 0 saturated heterocycles. The molecule has 1 atom stereocenters. The lowest BCUT2D eigenvalue weighted by atomic mass is 10.1. The van der Waals surface area contributed by atoms with E-state index in [0.717, 1.165) is 12.1 Å². The van der Waals surface area contributed by atoms with E-state index in [2.05, 4.69) is 19.9 Å². The van der Waals surface area contributed by atoms with Gasteiger partial charge in [0.25, 0.3) is 40.5 Å². The molecule has 0 fully saturated rings. The molecular formula is C20H16N4O12S4. The predicted molar refractivity (Wildman–Crippen MR) is 137 cm³/mol. The third-order valence-electron chi connectivity index (χ3n) is 5.98. The van der Waals surface area contributed by atoms with Crippen molar-refractivity contribution >= 4 is 57.6 Å². The van der Waals surface area contributed by atoms with Crippen molar-refractivity contribution in [3.63, 3.8) is 0 Å². The van der Waals surface area contributed by atoms with E-state index in [9.17, 15) is 51.9 Å². The van der Waals surface area contributed by atoms with Crippen molar-refractivity contribution in [3.05, 3.63) is 52.7 Å². The molecule has 0 amide bonds. The Kier molecular flexibility index (Phi) is 6.31. The maximum atomic E-state index is 11.9. The number of benzene rings is 2. The fourth-order valence-electron chi connectivity index (χ4n) is 4.15. The van der Waals surface area contributed by atoms with Crippen molar-refractivity contribution in [3.8, 4) is 22.8 Å². The van der Waals surface area contributed by atoms with E-state index < -0.39 is 66.8 Å². The van der Waals surface area contributed by atoms with E-state index in [4.69, 9.17) is 0 Å². The van der Waals surface area contributed by atoms with Crippen molar-refractivity contribution < 1.29 is 51.9 Å². The number of hydrogen-bond donors (Lipinski definition) is 6. The largest absolute Gasteiger partial charge is 0.338 e. The van der Waals surface area contributed by atoms with E-state index >= 15 is 0 Å². The molecule has 16 nitrogen and oxygen atoms in total. The Bertz CT molecular complexity index is 2180. The van der Waals surface area contributed by atoms with Gasteiger partial charge in [0.05, 0.1) is 26.7 Å². The molecule has 0 aliphatic heterocycles. The summed E-state index contributed by atoms with van der Waals surface area (Å²) in [6.07, 6.45) is 0.268. The van der Waals surface area contributed by atoms with Crippen molar-refractivity contribution in [2.75, 3.05) is 0 Å². The highest BCUT2D eigenvalue weighted by atomic mass is 32.2. The summed E-state index contributed by atoms with van der Waals surface area (Å²) in [5, 5.41) is -1.76. The summed E-state index contributed by atoms with van der Waals surface area (Å²) in [6, 6.07) is 7.40. The Labute approximate surface area is 225 Å². The van der Waals surface area contributed by atoms with Crippen LogP contribution in [0.3, 0.4) is 0 Å². The minimum Gasteiger partial charge on any atom is -0.338 e. The lowest BCUT2D eigenvalue weighted by Crippen LogP contribution is -2.19. The predicted octanol–water partition coefficient (Wildman–Crippen LogP) is 1.67. The smallest absolute Gasteiger partial charge is 0.296 e. The van der Waals surface area contributed by atoms with Crippen molar-refractivity contribution in [1.82, 2.24) is 19.9 Å². The van der Waals surface area contributed by atoms with Crippen molar-refractivity contribution in [2.45, 2.75) is 21.5 Å². The van der Waals surface area contributed by atoms with Gasteiger partial charge in [0.15, 0.2) is 0 Å². The molecule has 5 rings (SSSR count). The van der Waals surface area contributed by atoms with Crippen LogP contribution in [0.5, 0.6) is 0 Å². The number of aromatic amines is 2. The molecule has 20 heteroatoms. The van der Waals surface area contributed by atoms with Crippen LogP contribution in [-0.2, 0) is 40.5 Å². The monoisotopic (exact) mass is 632 g/mol. The molecule has 0 radical (unpaired) electrons. The number of aromatic nitrogens is 4. The lowest BCUT2D eigenvalue weighted by Gasteiger charge is -2.17. The van der Waals surface area contributed by atoms with Gasteiger partial charge in [-0.25, -0.2) is 9.97 Å². The van der Waals surface area contributed by atoms with Crippen molar-refractivity contribution in [2.24, 2.45) is 0 Å². The molecule has 0 bridgehead atoms. The van der Waals surface area contributed by atoms with Gasteiger partial charge in [-0.1, -0.05) is 24.3 Å². The highest BCUT2D eigenvalue weighted by molar-refractivity contribution is 7.90. The van der Waals surface area contributed by atoms with Crippen LogP contribution in [0.2, 0.25) is 0 Å². The number of hydrogen-bond acceptors (Lipinski definition) is 10. The summed E-state index contributed by atoms with van der Waals surface area (Å²) in [5.41, 5.74) is 0.0419. The molecule has 4 aromatic rings. The molecule has 212 valence electrons. The van der Waals surface area contributed by atoms with E-state index in [-0.39, 0.29) is 34.1 Å². The first kappa shape index (κ1) is 28.0. The Morgan fingerprint density at radius 3 is 1.80 bits per heavy atom. The number of fused-ring (bicyclic) bond motifs is 2. The van der Waals surface area contributed by atoms with Gasteiger partial charge in [-0.15, -0.1) is 0 Å². The summed E-state index contributed by atoms with van der Waals surface area (Å²) in [5.74, 6) is 0.124. The second kappa shape index (κ2) is 9.01. The van der Waals surface area contributed by atoms with Crippen LogP contribution in [0.15, 0.2) is 51.1 Å². The zero-order valence-electron chi connectivity index (χ0n) is 19.4. The molecular weight excluding hydrogens is 617 g/mol. The van der Waals surface area contributed by atoms with E-state index in [1.165, 1.54) is 24.3 Å². The van der Waals surface area contributed by atoms with Gasteiger partial charge in [-0.2, -0.15) is 33.7 Å². The quantitative estimate of drug-likeness (QED) is 0.165.